The van der Waals surface area contributed by atoms with Crippen molar-refractivity contribution in [3.63, 3.8) is 0 Å². The summed E-state index contributed by atoms with van der Waals surface area (Å²) in [6.07, 6.45) is 4.47. The van der Waals surface area contributed by atoms with Crippen molar-refractivity contribution in [3.8, 4) is 10.7 Å². The minimum atomic E-state index is -0.410. The van der Waals surface area contributed by atoms with Gasteiger partial charge in [-0.25, -0.2) is 9.37 Å². The summed E-state index contributed by atoms with van der Waals surface area (Å²) in [7, 11) is 0. The lowest BCUT2D eigenvalue weighted by molar-refractivity contribution is 0.0826. The van der Waals surface area contributed by atoms with Crippen molar-refractivity contribution in [1.29, 1.82) is 0 Å². The molecule has 4 rings (SSSR count). The number of rotatable bonds is 4. The zero-order chi connectivity index (χ0) is 18.1. The molecule has 6 heteroatoms. The highest BCUT2D eigenvalue weighted by molar-refractivity contribution is 7.17. The smallest absolute Gasteiger partial charge is 0.263 e. The molecule has 0 bridgehead atoms. The van der Waals surface area contributed by atoms with Crippen LogP contribution in [0.15, 0.2) is 48.7 Å². The van der Waals surface area contributed by atoms with Gasteiger partial charge in [-0.2, -0.15) is 0 Å². The topological polar surface area (TPSA) is 54.9 Å². The summed E-state index contributed by atoms with van der Waals surface area (Å²) in [6, 6.07) is 12.0. The van der Waals surface area contributed by atoms with E-state index in [1.807, 2.05) is 25.1 Å². The van der Waals surface area contributed by atoms with Crippen LogP contribution in [0, 0.1) is 12.7 Å². The molecule has 0 spiro atoms. The number of pyridine rings is 1. The quantitative estimate of drug-likeness (QED) is 0.741. The molecule has 132 valence electrons. The van der Waals surface area contributed by atoms with Crippen LogP contribution in [0.1, 0.15) is 40.2 Å². The molecule has 0 saturated heterocycles. The zero-order valence-corrected chi connectivity index (χ0v) is 15.1. The average molecular weight is 367 g/mol. The van der Waals surface area contributed by atoms with Crippen LogP contribution in [0.5, 0.6) is 0 Å². The van der Waals surface area contributed by atoms with E-state index in [9.17, 15) is 9.18 Å². The molecule has 0 unspecified atom stereocenters. The van der Waals surface area contributed by atoms with Gasteiger partial charge in [0, 0.05) is 6.20 Å². The van der Waals surface area contributed by atoms with E-state index in [1.165, 1.54) is 23.5 Å². The Balaban J connectivity index is 1.60. The van der Waals surface area contributed by atoms with Gasteiger partial charge in [0.05, 0.1) is 16.9 Å². The lowest BCUT2D eigenvalue weighted by Crippen LogP contribution is -2.50. The van der Waals surface area contributed by atoms with Gasteiger partial charge in [0.1, 0.15) is 15.7 Å². The Kier molecular flexibility index (Phi) is 4.28. The Morgan fingerprint density at radius 2 is 1.96 bits per heavy atom. The number of hydrogen-bond donors (Lipinski definition) is 1. The molecule has 1 N–H and O–H groups in total. The Labute approximate surface area is 155 Å². The summed E-state index contributed by atoms with van der Waals surface area (Å²) in [6.45, 7) is 1.84. The fourth-order valence-electron chi connectivity index (χ4n) is 3.27. The monoisotopic (exact) mass is 367 g/mol. The second kappa shape index (κ2) is 6.61. The van der Waals surface area contributed by atoms with Gasteiger partial charge in [-0.15, -0.1) is 11.3 Å². The highest BCUT2D eigenvalue weighted by Crippen LogP contribution is 2.42. The van der Waals surface area contributed by atoms with Crippen LogP contribution in [0.3, 0.4) is 0 Å². The van der Waals surface area contributed by atoms with Gasteiger partial charge in [0.2, 0.25) is 0 Å². The molecule has 4 nitrogen and oxygen atoms in total. The molecule has 26 heavy (non-hydrogen) atoms. The van der Waals surface area contributed by atoms with Crippen molar-refractivity contribution in [2.75, 3.05) is 0 Å². The standard InChI is InChI=1S/C20H18FN3OS/c1-13-17(26-19(23-13)16-5-2-3-12-22-16)18(25)24-20(10-4-11-20)14-6-8-15(21)9-7-14/h2-3,5-9,12H,4,10-11H2,1H3,(H,24,25). The third kappa shape index (κ3) is 3.01. The Bertz CT molecular complexity index is 933. The van der Waals surface area contributed by atoms with E-state index in [0.29, 0.717) is 10.6 Å². The second-order valence-electron chi connectivity index (χ2n) is 6.55. The summed E-state index contributed by atoms with van der Waals surface area (Å²) in [5, 5.41) is 3.91. The third-order valence-electron chi connectivity index (χ3n) is 4.84. The molecule has 1 aliphatic carbocycles. The molecule has 1 aliphatic rings. The van der Waals surface area contributed by atoms with Crippen LogP contribution < -0.4 is 5.32 Å². The Morgan fingerprint density at radius 3 is 2.58 bits per heavy atom. The van der Waals surface area contributed by atoms with Gasteiger partial charge < -0.3 is 5.32 Å². The van der Waals surface area contributed by atoms with Crippen molar-refractivity contribution in [3.05, 3.63) is 70.6 Å². The number of hydrogen-bond acceptors (Lipinski definition) is 4. The van der Waals surface area contributed by atoms with Crippen molar-refractivity contribution >= 4 is 17.2 Å². The molecule has 1 aromatic carbocycles. The van der Waals surface area contributed by atoms with Gasteiger partial charge in [-0.1, -0.05) is 18.2 Å². The maximum absolute atomic E-state index is 13.2. The van der Waals surface area contributed by atoms with E-state index in [1.54, 1.807) is 18.3 Å². The SMILES string of the molecule is Cc1nc(-c2ccccn2)sc1C(=O)NC1(c2ccc(F)cc2)CCC1. The Hall–Kier alpha value is -2.60. The highest BCUT2D eigenvalue weighted by atomic mass is 32.1. The predicted octanol–water partition coefficient (Wildman–Crippen LogP) is 4.46. The number of amides is 1. The van der Waals surface area contributed by atoms with Gasteiger partial charge >= 0.3 is 0 Å². The number of aromatic nitrogens is 2. The second-order valence-corrected chi connectivity index (χ2v) is 7.54. The molecule has 0 radical (unpaired) electrons. The van der Waals surface area contributed by atoms with Crippen molar-refractivity contribution in [2.24, 2.45) is 0 Å². The highest BCUT2D eigenvalue weighted by Gasteiger charge is 2.40. The molecule has 0 atom stereocenters. The Morgan fingerprint density at radius 1 is 1.19 bits per heavy atom. The van der Waals surface area contributed by atoms with Crippen LogP contribution in [0.4, 0.5) is 4.39 Å². The van der Waals surface area contributed by atoms with Crippen molar-refractivity contribution in [1.82, 2.24) is 15.3 Å². The minimum absolute atomic E-state index is 0.133. The molecular weight excluding hydrogens is 349 g/mol. The summed E-state index contributed by atoms with van der Waals surface area (Å²) in [5.41, 5.74) is 2.00. The number of benzene rings is 1. The normalized spacial score (nSPS) is 15.3. The van der Waals surface area contributed by atoms with Crippen molar-refractivity contribution in [2.45, 2.75) is 31.7 Å². The third-order valence-corrected chi connectivity index (χ3v) is 6.02. The number of nitrogens with one attached hydrogen (secondary N) is 1. The van der Waals surface area contributed by atoms with Gasteiger partial charge in [-0.3, -0.25) is 9.78 Å². The van der Waals surface area contributed by atoms with E-state index in [4.69, 9.17) is 0 Å². The molecule has 0 aliphatic heterocycles. The minimum Gasteiger partial charge on any atom is -0.342 e. The van der Waals surface area contributed by atoms with E-state index in [2.05, 4.69) is 15.3 Å². The molecule has 3 aromatic rings. The van der Waals surface area contributed by atoms with Crippen LogP contribution in [0.25, 0.3) is 10.7 Å². The van der Waals surface area contributed by atoms with Crippen molar-refractivity contribution < 1.29 is 9.18 Å². The van der Waals surface area contributed by atoms with Gasteiger partial charge in [0.25, 0.3) is 5.91 Å². The number of carbonyl (C=O) groups excluding carboxylic acids is 1. The fourth-order valence-corrected chi connectivity index (χ4v) is 4.20. The van der Waals surface area contributed by atoms with E-state index in [0.717, 1.165) is 35.5 Å². The molecule has 2 aromatic heterocycles. The first-order valence-corrected chi connectivity index (χ1v) is 9.36. The number of nitrogens with zero attached hydrogens (tertiary/aromatic N) is 2. The lowest BCUT2D eigenvalue weighted by atomic mass is 9.71. The first-order valence-electron chi connectivity index (χ1n) is 8.55. The molecular formula is C20H18FN3OS. The van der Waals surface area contributed by atoms with Gasteiger partial charge in [-0.05, 0) is 56.0 Å². The number of carbonyl (C=O) groups is 1. The van der Waals surface area contributed by atoms with E-state index < -0.39 is 5.54 Å². The van der Waals surface area contributed by atoms with E-state index >= 15 is 0 Å². The maximum atomic E-state index is 13.2. The predicted molar refractivity (Wildman–Crippen MR) is 99.5 cm³/mol. The maximum Gasteiger partial charge on any atom is 0.263 e. The van der Waals surface area contributed by atoms with Crippen LogP contribution in [0.2, 0.25) is 0 Å². The fraction of sp³-hybridized carbons (Fsp3) is 0.250. The number of halogens is 1. The number of aryl methyl sites for hydroxylation is 1. The van der Waals surface area contributed by atoms with Crippen LogP contribution in [-0.4, -0.2) is 15.9 Å². The average Bonchev–Trinajstić information content (AvgIpc) is 3.02. The molecule has 1 saturated carbocycles. The van der Waals surface area contributed by atoms with Gasteiger partial charge in [0.15, 0.2) is 0 Å². The first kappa shape index (κ1) is 16.8. The molecule has 1 amide bonds. The van der Waals surface area contributed by atoms with Crippen LogP contribution >= 0.6 is 11.3 Å². The lowest BCUT2D eigenvalue weighted by Gasteiger charge is -2.43. The summed E-state index contributed by atoms with van der Waals surface area (Å²) < 4.78 is 13.2. The first-order chi connectivity index (χ1) is 12.6. The zero-order valence-electron chi connectivity index (χ0n) is 14.3. The largest absolute Gasteiger partial charge is 0.342 e. The summed E-state index contributed by atoms with van der Waals surface area (Å²) >= 11 is 1.35. The summed E-state index contributed by atoms with van der Waals surface area (Å²) in [5.74, 6) is -0.404. The van der Waals surface area contributed by atoms with Crippen LogP contribution in [-0.2, 0) is 5.54 Å². The van der Waals surface area contributed by atoms with E-state index in [-0.39, 0.29) is 11.7 Å². The summed E-state index contributed by atoms with van der Waals surface area (Å²) in [4.78, 5) is 22.3. The molecule has 2 heterocycles. The number of thiazole rings is 1. The molecule has 1 fully saturated rings.